The smallest absolute Gasteiger partial charge is 0.306 e. The summed E-state index contributed by atoms with van der Waals surface area (Å²) in [4.78, 5) is 38.0. The fourth-order valence-electron chi connectivity index (χ4n) is 8.63. The molecule has 0 aromatic carbocycles. The van der Waals surface area contributed by atoms with E-state index in [4.69, 9.17) is 14.2 Å². The largest absolute Gasteiger partial charge is 0.462 e. The van der Waals surface area contributed by atoms with E-state index in [0.29, 0.717) is 19.3 Å². The van der Waals surface area contributed by atoms with E-state index in [-0.39, 0.29) is 31.1 Å². The first-order valence-electron chi connectivity index (χ1n) is 28.3. The van der Waals surface area contributed by atoms with Crippen molar-refractivity contribution in [1.29, 1.82) is 0 Å². The molecule has 0 N–H and O–H groups in total. The lowest BCUT2D eigenvalue weighted by atomic mass is 9.99. The fraction of sp³-hybridized carbons (Fsp3) is 0.947. The van der Waals surface area contributed by atoms with Crippen LogP contribution in [0.2, 0.25) is 0 Å². The summed E-state index contributed by atoms with van der Waals surface area (Å²) in [6.45, 7) is 11.4. The zero-order valence-electron chi connectivity index (χ0n) is 43.2. The molecule has 6 nitrogen and oxygen atoms in total. The second-order valence-corrected chi connectivity index (χ2v) is 20.1. The Morgan fingerprint density at radius 1 is 0.317 bits per heavy atom. The minimum Gasteiger partial charge on any atom is -0.462 e. The van der Waals surface area contributed by atoms with Crippen molar-refractivity contribution in [2.45, 2.75) is 323 Å². The van der Waals surface area contributed by atoms with Gasteiger partial charge in [-0.15, -0.1) is 0 Å². The Hall–Kier alpha value is -1.59. The number of esters is 3. The van der Waals surface area contributed by atoms with Crippen LogP contribution in [0.3, 0.4) is 0 Å². The molecule has 0 spiro atoms. The summed E-state index contributed by atoms with van der Waals surface area (Å²) in [5.74, 6) is 0.878. The Labute approximate surface area is 393 Å². The molecule has 0 aromatic heterocycles. The van der Waals surface area contributed by atoms with Crippen LogP contribution in [-0.2, 0) is 28.6 Å². The van der Waals surface area contributed by atoms with E-state index >= 15 is 0 Å². The second-order valence-electron chi connectivity index (χ2n) is 20.1. The van der Waals surface area contributed by atoms with Crippen LogP contribution in [0.5, 0.6) is 0 Å². The monoisotopic (exact) mass is 891 g/mol. The molecule has 0 aliphatic rings. The molecule has 374 valence electrons. The Morgan fingerprint density at radius 2 is 0.556 bits per heavy atom. The summed E-state index contributed by atoms with van der Waals surface area (Å²) in [5, 5.41) is 0. The average molecular weight is 892 g/mol. The maximum Gasteiger partial charge on any atom is 0.306 e. The van der Waals surface area contributed by atoms with Crippen molar-refractivity contribution in [1.82, 2.24) is 0 Å². The molecule has 0 aliphatic heterocycles. The lowest BCUT2D eigenvalue weighted by molar-refractivity contribution is -0.167. The average Bonchev–Trinajstić information content (AvgIpc) is 3.28. The first-order chi connectivity index (χ1) is 30.8. The summed E-state index contributed by atoms with van der Waals surface area (Å²) in [7, 11) is 0. The molecule has 0 heterocycles. The van der Waals surface area contributed by atoms with Gasteiger partial charge in [-0.3, -0.25) is 14.4 Å². The molecular formula is C57H110O6. The van der Waals surface area contributed by atoms with E-state index in [1.54, 1.807) is 0 Å². The zero-order chi connectivity index (χ0) is 46.1. The van der Waals surface area contributed by atoms with Gasteiger partial charge < -0.3 is 14.2 Å². The molecule has 63 heavy (non-hydrogen) atoms. The fourth-order valence-corrected chi connectivity index (χ4v) is 8.63. The number of unbranched alkanes of at least 4 members (excludes halogenated alkanes) is 34. The van der Waals surface area contributed by atoms with Crippen LogP contribution < -0.4 is 0 Å². The Balaban J connectivity index is 4.19. The van der Waals surface area contributed by atoms with Crippen molar-refractivity contribution in [3.8, 4) is 0 Å². The molecule has 0 saturated carbocycles. The number of hydrogen-bond acceptors (Lipinski definition) is 6. The Bertz CT molecular complexity index is 966. The van der Waals surface area contributed by atoms with Gasteiger partial charge in [-0.1, -0.05) is 279 Å². The topological polar surface area (TPSA) is 78.9 Å². The second kappa shape index (κ2) is 49.8. The van der Waals surface area contributed by atoms with Crippen LogP contribution in [-0.4, -0.2) is 37.2 Å². The van der Waals surface area contributed by atoms with Gasteiger partial charge in [0.25, 0.3) is 0 Å². The highest BCUT2D eigenvalue weighted by Crippen LogP contribution is 2.19. The highest BCUT2D eigenvalue weighted by molar-refractivity contribution is 5.71. The standard InChI is InChI=1S/C57H110O6/c1-6-9-10-11-12-13-14-21-26-29-32-39-44-49-57(60)63-54(51-62-56(59)48-43-38-34-33-36-41-46-53(5)8-3)50-61-55(58)47-42-37-31-28-25-23-20-18-16-15-17-19-22-24-27-30-35-40-45-52(4)7-2/h52-54H,6-51H2,1-5H3/t52?,53?,54-/m0/s1. The lowest BCUT2D eigenvalue weighted by Crippen LogP contribution is -2.30. The zero-order valence-corrected chi connectivity index (χ0v) is 43.2. The Kier molecular flexibility index (Phi) is 48.6. The predicted octanol–water partition coefficient (Wildman–Crippen LogP) is 18.5. The highest BCUT2D eigenvalue weighted by Gasteiger charge is 2.19. The third-order valence-electron chi connectivity index (χ3n) is 13.7. The summed E-state index contributed by atoms with van der Waals surface area (Å²) in [5.41, 5.74) is 0. The van der Waals surface area contributed by atoms with Crippen molar-refractivity contribution in [3.05, 3.63) is 0 Å². The van der Waals surface area contributed by atoms with Gasteiger partial charge in [-0.05, 0) is 31.1 Å². The summed E-state index contributed by atoms with van der Waals surface area (Å²) in [6, 6.07) is 0. The van der Waals surface area contributed by atoms with Crippen LogP contribution in [0.25, 0.3) is 0 Å². The summed E-state index contributed by atoms with van der Waals surface area (Å²) in [6.07, 6.45) is 52.4. The number of carbonyl (C=O) groups is 3. The number of hydrogen-bond donors (Lipinski definition) is 0. The van der Waals surface area contributed by atoms with Gasteiger partial charge in [0.15, 0.2) is 6.10 Å². The minimum atomic E-state index is -0.762. The third-order valence-corrected chi connectivity index (χ3v) is 13.7. The third kappa shape index (κ3) is 48.2. The van der Waals surface area contributed by atoms with Crippen LogP contribution in [0.4, 0.5) is 0 Å². The van der Waals surface area contributed by atoms with Crippen molar-refractivity contribution in [3.63, 3.8) is 0 Å². The van der Waals surface area contributed by atoms with Gasteiger partial charge in [0.05, 0.1) is 0 Å². The van der Waals surface area contributed by atoms with Crippen molar-refractivity contribution in [2.75, 3.05) is 13.2 Å². The molecule has 0 bridgehead atoms. The molecular weight excluding hydrogens is 781 g/mol. The minimum absolute atomic E-state index is 0.0636. The van der Waals surface area contributed by atoms with Crippen LogP contribution >= 0.6 is 0 Å². The molecule has 0 fully saturated rings. The molecule has 0 aliphatic carbocycles. The summed E-state index contributed by atoms with van der Waals surface area (Å²) >= 11 is 0. The van der Waals surface area contributed by atoms with E-state index in [0.717, 1.165) is 69.6 Å². The van der Waals surface area contributed by atoms with Crippen molar-refractivity contribution in [2.24, 2.45) is 11.8 Å². The van der Waals surface area contributed by atoms with E-state index in [9.17, 15) is 14.4 Å². The Morgan fingerprint density at radius 3 is 0.825 bits per heavy atom. The molecule has 6 heteroatoms. The molecule has 0 amide bonds. The predicted molar refractivity (Wildman–Crippen MR) is 270 cm³/mol. The highest BCUT2D eigenvalue weighted by atomic mass is 16.6. The van der Waals surface area contributed by atoms with Gasteiger partial charge in [0.1, 0.15) is 13.2 Å². The van der Waals surface area contributed by atoms with Gasteiger partial charge in [-0.2, -0.15) is 0 Å². The van der Waals surface area contributed by atoms with Gasteiger partial charge >= 0.3 is 17.9 Å². The molecule has 0 radical (unpaired) electrons. The maximum absolute atomic E-state index is 12.8. The maximum atomic E-state index is 12.8. The van der Waals surface area contributed by atoms with E-state index in [1.807, 2.05) is 0 Å². The van der Waals surface area contributed by atoms with Crippen LogP contribution in [0.15, 0.2) is 0 Å². The molecule has 0 aromatic rings. The molecule has 0 saturated heterocycles. The van der Waals surface area contributed by atoms with Gasteiger partial charge in [-0.25, -0.2) is 0 Å². The van der Waals surface area contributed by atoms with E-state index in [1.165, 1.54) is 205 Å². The van der Waals surface area contributed by atoms with E-state index in [2.05, 4.69) is 34.6 Å². The quantitative estimate of drug-likeness (QED) is 0.0344. The SMILES string of the molecule is CCCCCCCCCCCCCCCC(=O)O[C@@H](COC(=O)CCCCCCCCCCCCCCCCCCCCC(C)CC)COC(=O)CCCCCCCCC(C)CC. The van der Waals surface area contributed by atoms with Gasteiger partial charge in [0, 0.05) is 19.3 Å². The lowest BCUT2D eigenvalue weighted by Gasteiger charge is -2.18. The first kappa shape index (κ1) is 61.4. The normalized spacial score (nSPS) is 12.9. The summed E-state index contributed by atoms with van der Waals surface area (Å²) < 4.78 is 16.8. The van der Waals surface area contributed by atoms with E-state index < -0.39 is 6.10 Å². The number of carbonyl (C=O) groups excluding carboxylic acids is 3. The van der Waals surface area contributed by atoms with Gasteiger partial charge in [0.2, 0.25) is 0 Å². The number of rotatable bonds is 51. The molecule has 2 unspecified atom stereocenters. The first-order valence-corrected chi connectivity index (χ1v) is 28.3. The van der Waals surface area contributed by atoms with Crippen LogP contribution in [0.1, 0.15) is 317 Å². The number of ether oxygens (including phenoxy) is 3. The van der Waals surface area contributed by atoms with Crippen LogP contribution in [0, 0.1) is 11.8 Å². The van der Waals surface area contributed by atoms with Crippen molar-refractivity contribution >= 4 is 17.9 Å². The van der Waals surface area contributed by atoms with Crippen molar-refractivity contribution < 1.29 is 28.6 Å². The molecule has 0 rings (SSSR count). The molecule has 3 atom stereocenters.